The van der Waals surface area contributed by atoms with E-state index in [1.165, 1.54) is 6.33 Å². The molecule has 0 radical (unpaired) electrons. The summed E-state index contributed by atoms with van der Waals surface area (Å²) in [5.41, 5.74) is 1.10. The zero-order valence-electron chi connectivity index (χ0n) is 13.5. The second kappa shape index (κ2) is 7.04. The highest BCUT2D eigenvalue weighted by Crippen LogP contribution is 2.13. The van der Waals surface area contributed by atoms with Crippen molar-refractivity contribution in [2.24, 2.45) is 5.41 Å². The van der Waals surface area contributed by atoms with E-state index in [0.717, 1.165) is 5.69 Å². The first-order valence-electron chi connectivity index (χ1n) is 7.39. The van der Waals surface area contributed by atoms with Crippen LogP contribution in [0.2, 0.25) is 0 Å². The molecule has 23 heavy (non-hydrogen) atoms. The molecule has 0 saturated heterocycles. The van der Waals surface area contributed by atoms with Gasteiger partial charge in [0.25, 0.3) is 0 Å². The van der Waals surface area contributed by atoms with E-state index in [1.807, 2.05) is 32.9 Å². The average molecular weight is 315 g/mol. The van der Waals surface area contributed by atoms with Crippen LogP contribution in [0.25, 0.3) is 5.69 Å². The highest BCUT2D eigenvalue weighted by molar-refractivity contribution is 5.91. The van der Waals surface area contributed by atoms with E-state index in [4.69, 9.17) is 0 Å². The molecule has 2 aromatic rings. The van der Waals surface area contributed by atoms with E-state index in [1.54, 1.807) is 23.1 Å². The lowest BCUT2D eigenvalue weighted by molar-refractivity contribution is -0.128. The van der Waals surface area contributed by atoms with Crippen molar-refractivity contribution < 1.29 is 9.59 Å². The van der Waals surface area contributed by atoms with Crippen LogP contribution in [0.3, 0.4) is 0 Å². The number of hydrogen-bond donors (Lipinski definition) is 2. The standard InChI is InChI=1S/C16H21N5O2/c1-16(2,3)15(23)18-9-8-14(22)20-12-4-6-13(7-5-12)21-11-17-10-19-21/h4-7,10-11H,8-9H2,1-3H3,(H,18,23)(H,20,22). The molecule has 2 amide bonds. The van der Waals surface area contributed by atoms with Crippen LogP contribution >= 0.6 is 0 Å². The zero-order valence-corrected chi connectivity index (χ0v) is 13.5. The predicted octanol–water partition coefficient (Wildman–Crippen LogP) is 1.76. The Hall–Kier alpha value is -2.70. The molecular weight excluding hydrogens is 294 g/mol. The molecule has 0 bridgehead atoms. The van der Waals surface area contributed by atoms with Gasteiger partial charge < -0.3 is 10.6 Å². The van der Waals surface area contributed by atoms with Gasteiger partial charge in [-0.2, -0.15) is 5.10 Å². The molecule has 7 nitrogen and oxygen atoms in total. The van der Waals surface area contributed by atoms with E-state index in [-0.39, 0.29) is 18.2 Å². The number of amides is 2. The third-order valence-corrected chi connectivity index (χ3v) is 3.15. The van der Waals surface area contributed by atoms with Gasteiger partial charge in [-0.15, -0.1) is 0 Å². The highest BCUT2D eigenvalue weighted by Gasteiger charge is 2.20. The van der Waals surface area contributed by atoms with E-state index in [9.17, 15) is 9.59 Å². The molecule has 0 fully saturated rings. The molecule has 122 valence electrons. The van der Waals surface area contributed by atoms with E-state index in [0.29, 0.717) is 12.2 Å². The molecule has 0 saturated carbocycles. The second-order valence-electron chi connectivity index (χ2n) is 6.19. The molecule has 0 aliphatic carbocycles. The summed E-state index contributed by atoms with van der Waals surface area (Å²) in [5.74, 6) is -0.213. The lowest BCUT2D eigenvalue weighted by Gasteiger charge is -2.17. The maximum atomic E-state index is 11.9. The lowest BCUT2D eigenvalue weighted by Crippen LogP contribution is -2.36. The monoisotopic (exact) mass is 315 g/mol. The number of hydrogen-bond acceptors (Lipinski definition) is 4. The Balaban J connectivity index is 1.80. The van der Waals surface area contributed by atoms with Gasteiger partial charge >= 0.3 is 0 Å². The van der Waals surface area contributed by atoms with Crippen molar-refractivity contribution in [2.45, 2.75) is 27.2 Å². The molecule has 0 atom stereocenters. The predicted molar refractivity (Wildman–Crippen MR) is 87.1 cm³/mol. The highest BCUT2D eigenvalue weighted by atomic mass is 16.2. The number of anilines is 1. The topological polar surface area (TPSA) is 88.9 Å². The van der Waals surface area contributed by atoms with Crippen LogP contribution in [0.5, 0.6) is 0 Å². The van der Waals surface area contributed by atoms with Gasteiger partial charge in [-0.3, -0.25) is 9.59 Å². The first-order chi connectivity index (χ1) is 10.9. The van der Waals surface area contributed by atoms with E-state index >= 15 is 0 Å². The Morgan fingerprint density at radius 1 is 1.17 bits per heavy atom. The number of benzene rings is 1. The molecule has 1 heterocycles. The fraction of sp³-hybridized carbons (Fsp3) is 0.375. The first kappa shape index (κ1) is 16.7. The minimum absolute atomic E-state index is 0.0671. The van der Waals surface area contributed by atoms with Crippen molar-refractivity contribution in [3.8, 4) is 5.69 Å². The summed E-state index contributed by atoms with van der Waals surface area (Å²) in [6.45, 7) is 5.82. The van der Waals surface area contributed by atoms with Crippen LogP contribution < -0.4 is 10.6 Å². The second-order valence-corrected chi connectivity index (χ2v) is 6.19. The number of rotatable bonds is 5. The smallest absolute Gasteiger partial charge is 0.226 e. The summed E-state index contributed by atoms with van der Waals surface area (Å²) < 4.78 is 1.63. The van der Waals surface area contributed by atoms with Gasteiger partial charge in [0.05, 0.1) is 5.69 Å². The molecule has 2 N–H and O–H groups in total. The normalized spacial score (nSPS) is 11.1. The Bertz CT molecular complexity index is 657. The number of nitrogens with zero attached hydrogens (tertiary/aromatic N) is 3. The number of aromatic nitrogens is 3. The summed E-state index contributed by atoms with van der Waals surface area (Å²) >= 11 is 0. The summed E-state index contributed by atoms with van der Waals surface area (Å²) in [6.07, 6.45) is 3.29. The Morgan fingerprint density at radius 3 is 2.43 bits per heavy atom. The minimum atomic E-state index is -0.451. The Kier molecular flexibility index (Phi) is 5.10. The van der Waals surface area contributed by atoms with Gasteiger partial charge in [-0.1, -0.05) is 20.8 Å². The van der Waals surface area contributed by atoms with E-state index < -0.39 is 5.41 Å². The summed E-state index contributed by atoms with van der Waals surface area (Å²) in [7, 11) is 0. The van der Waals surface area contributed by atoms with Crippen molar-refractivity contribution >= 4 is 17.5 Å². The molecule has 2 rings (SSSR count). The Morgan fingerprint density at radius 2 is 1.87 bits per heavy atom. The van der Waals surface area contributed by atoms with Crippen molar-refractivity contribution in [3.05, 3.63) is 36.9 Å². The number of nitrogens with one attached hydrogen (secondary N) is 2. The molecular formula is C16H21N5O2. The average Bonchev–Trinajstić information content (AvgIpc) is 3.01. The van der Waals surface area contributed by atoms with Crippen molar-refractivity contribution in [3.63, 3.8) is 0 Å². The third kappa shape index (κ3) is 4.91. The van der Waals surface area contributed by atoms with Crippen LogP contribution in [0.4, 0.5) is 5.69 Å². The van der Waals surface area contributed by atoms with Crippen LogP contribution in [-0.4, -0.2) is 33.1 Å². The molecule has 0 unspecified atom stereocenters. The molecule has 0 spiro atoms. The minimum Gasteiger partial charge on any atom is -0.355 e. The first-order valence-corrected chi connectivity index (χ1v) is 7.39. The van der Waals surface area contributed by atoms with Crippen molar-refractivity contribution in [1.82, 2.24) is 20.1 Å². The largest absolute Gasteiger partial charge is 0.355 e. The number of carbonyl (C=O) groups excluding carboxylic acids is 2. The molecule has 7 heteroatoms. The van der Waals surface area contributed by atoms with Gasteiger partial charge in [0.15, 0.2) is 0 Å². The van der Waals surface area contributed by atoms with Crippen LogP contribution in [-0.2, 0) is 9.59 Å². The van der Waals surface area contributed by atoms with Gasteiger partial charge in [0, 0.05) is 24.1 Å². The van der Waals surface area contributed by atoms with Crippen molar-refractivity contribution in [2.75, 3.05) is 11.9 Å². The SMILES string of the molecule is CC(C)(C)C(=O)NCCC(=O)Nc1ccc(-n2cncn2)cc1. The maximum Gasteiger partial charge on any atom is 0.226 e. The van der Waals surface area contributed by atoms with E-state index in [2.05, 4.69) is 20.7 Å². The number of carbonyl (C=O) groups is 2. The van der Waals surface area contributed by atoms with Crippen LogP contribution in [0.15, 0.2) is 36.9 Å². The summed E-state index contributed by atoms with van der Waals surface area (Å²) in [5, 5.41) is 9.57. The molecule has 1 aromatic heterocycles. The van der Waals surface area contributed by atoms with Gasteiger partial charge in [0.2, 0.25) is 11.8 Å². The van der Waals surface area contributed by atoms with Gasteiger partial charge in [-0.25, -0.2) is 9.67 Å². The molecule has 0 aliphatic heterocycles. The maximum absolute atomic E-state index is 11.9. The fourth-order valence-corrected chi connectivity index (χ4v) is 1.82. The lowest BCUT2D eigenvalue weighted by atomic mass is 9.96. The van der Waals surface area contributed by atoms with Crippen LogP contribution in [0, 0.1) is 5.41 Å². The fourth-order valence-electron chi connectivity index (χ4n) is 1.82. The third-order valence-electron chi connectivity index (χ3n) is 3.15. The zero-order chi connectivity index (χ0) is 16.9. The van der Waals surface area contributed by atoms with Gasteiger partial charge in [0.1, 0.15) is 12.7 Å². The molecule has 1 aromatic carbocycles. The van der Waals surface area contributed by atoms with Gasteiger partial charge in [-0.05, 0) is 24.3 Å². The van der Waals surface area contributed by atoms with Crippen molar-refractivity contribution in [1.29, 1.82) is 0 Å². The summed E-state index contributed by atoms with van der Waals surface area (Å²) in [4.78, 5) is 27.4. The molecule has 0 aliphatic rings. The quantitative estimate of drug-likeness (QED) is 0.880. The van der Waals surface area contributed by atoms with Crippen LogP contribution in [0.1, 0.15) is 27.2 Å². The summed E-state index contributed by atoms with van der Waals surface area (Å²) in [6, 6.07) is 7.27. The Labute approximate surface area is 135 Å².